The lowest BCUT2D eigenvalue weighted by Crippen LogP contribution is -1.98. The molecule has 1 rings (SSSR count). The Labute approximate surface area is 139 Å². The van der Waals surface area contributed by atoms with Crippen molar-refractivity contribution in [2.24, 2.45) is 0 Å². The van der Waals surface area contributed by atoms with E-state index in [4.69, 9.17) is 4.55 Å². The first-order chi connectivity index (χ1) is 10.5. The summed E-state index contributed by atoms with van der Waals surface area (Å²) in [6.45, 7) is 2.24. The van der Waals surface area contributed by atoms with Crippen LogP contribution in [0.15, 0.2) is 29.2 Å². The lowest BCUT2D eigenvalue weighted by molar-refractivity contribution is 0.483. The molecule has 0 unspecified atom stereocenters. The highest BCUT2D eigenvalue weighted by Crippen LogP contribution is 2.14. The first-order valence-electron chi connectivity index (χ1n) is 8.18. The first-order valence-corrected chi connectivity index (χ1v) is 10.8. The Hall–Kier alpha value is -0.520. The number of benzene rings is 1. The third-order valence-electron chi connectivity index (χ3n) is 3.62. The van der Waals surface area contributed by atoms with Crippen LogP contribution < -0.4 is 0 Å². The summed E-state index contributed by atoms with van der Waals surface area (Å²) in [6.07, 6.45) is 10.1. The molecule has 0 bridgehead atoms. The highest BCUT2D eigenvalue weighted by molar-refractivity contribution is 7.99. The van der Waals surface area contributed by atoms with Crippen LogP contribution in [0, 0.1) is 0 Å². The quantitative estimate of drug-likeness (QED) is 0.430. The predicted molar refractivity (Wildman–Crippen MR) is 95.3 cm³/mol. The van der Waals surface area contributed by atoms with Gasteiger partial charge in [-0.3, -0.25) is 4.55 Å². The molecule has 0 saturated heterocycles. The third kappa shape index (κ3) is 8.81. The van der Waals surface area contributed by atoms with Crippen LogP contribution >= 0.6 is 11.8 Å². The maximum atomic E-state index is 10.9. The second kappa shape index (κ2) is 11.1. The van der Waals surface area contributed by atoms with Crippen LogP contribution in [0.3, 0.4) is 0 Å². The second-order valence-electron chi connectivity index (χ2n) is 5.60. The second-order valence-corrected chi connectivity index (χ2v) is 8.25. The minimum absolute atomic E-state index is 0.0336. The molecule has 1 aromatic carbocycles. The van der Waals surface area contributed by atoms with Crippen LogP contribution in [-0.2, 0) is 16.5 Å². The minimum atomic E-state index is -4.07. The van der Waals surface area contributed by atoms with Crippen molar-refractivity contribution in [1.29, 1.82) is 0 Å². The van der Waals surface area contributed by atoms with Gasteiger partial charge in [-0.2, -0.15) is 20.2 Å². The van der Waals surface area contributed by atoms with Crippen molar-refractivity contribution in [3.05, 3.63) is 29.8 Å². The molecule has 3 nitrogen and oxygen atoms in total. The van der Waals surface area contributed by atoms with Crippen LogP contribution in [-0.4, -0.2) is 24.5 Å². The molecular weight excluding hydrogens is 316 g/mol. The average Bonchev–Trinajstić information content (AvgIpc) is 2.49. The largest absolute Gasteiger partial charge is 0.294 e. The highest BCUT2D eigenvalue weighted by Gasteiger charge is 2.08. The standard InChI is InChI=1S/C17H28O3S2/c1-2-3-4-5-6-7-14-21-15-8-9-16-10-12-17(13-11-16)22(18,19)20/h10-13H,2-9,14-15H2,1H3,(H,18,19,20). The SMILES string of the molecule is CCCCCCCCSCCCc1ccc(S(=O)(=O)O)cc1. The van der Waals surface area contributed by atoms with Gasteiger partial charge in [0.05, 0.1) is 4.90 Å². The summed E-state index contributed by atoms with van der Waals surface area (Å²) in [6, 6.07) is 6.49. The van der Waals surface area contributed by atoms with E-state index in [9.17, 15) is 8.42 Å². The van der Waals surface area contributed by atoms with Crippen molar-refractivity contribution in [1.82, 2.24) is 0 Å². The van der Waals surface area contributed by atoms with Gasteiger partial charge in [0.1, 0.15) is 0 Å². The number of rotatable bonds is 12. The monoisotopic (exact) mass is 344 g/mol. The maximum absolute atomic E-state index is 10.9. The zero-order chi connectivity index (χ0) is 16.3. The van der Waals surface area contributed by atoms with Crippen LogP contribution in [0.4, 0.5) is 0 Å². The van der Waals surface area contributed by atoms with E-state index in [1.807, 2.05) is 11.8 Å². The number of thioether (sulfide) groups is 1. The molecule has 0 aromatic heterocycles. The van der Waals surface area contributed by atoms with Gasteiger partial charge in [0.2, 0.25) is 0 Å². The van der Waals surface area contributed by atoms with Crippen LogP contribution in [0.2, 0.25) is 0 Å². The van der Waals surface area contributed by atoms with Crippen LogP contribution in [0.25, 0.3) is 0 Å². The van der Waals surface area contributed by atoms with E-state index in [0.29, 0.717) is 0 Å². The smallest absolute Gasteiger partial charge is 0.282 e. The van der Waals surface area contributed by atoms with E-state index in [-0.39, 0.29) is 4.90 Å². The zero-order valence-corrected chi connectivity index (χ0v) is 15.1. The van der Waals surface area contributed by atoms with E-state index in [2.05, 4.69) is 6.92 Å². The molecule has 0 spiro atoms. The van der Waals surface area contributed by atoms with Crippen molar-refractivity contribution in [3.8, 4) is 0 Å². The summed E-state index contributed by atoms with van der Waals surface area (Å²) in [5, 5.41) is 0. The van der Waals surface area contributed by atoms with Gasteiger partial charge in [-0.05, 0) is 48.5 Å². The predicted octanol–water partition coefficient (Wildman–Crippen LogP) is 4.96. The topological polar surface area (TPSA) is 54.4 Å². The normalized spacial score (nSPS) is 11.7. The molecule has 0 amide bonds. The lowest BCUT2D eigenvalue weighted by Gasteiger charge is -2.04. The Kier molecular flexibility index (Phi) is 9.84. The van der Waals surface area contributed by atoms with Crippen molar-refractivity contribution in [2.45, 2.75) is 63.2 Å². The molecule has 0 heterocycles. The zero-order valence-electron chi connectivity index (χ0n) is 13.5. The molecule has 1 N–H and O–H groups in total. The summed E-state index contributed by atoms with van der Waals surface area (Å²) in [7, 11) is -4.07. The molecular formula is C17H28O3S2. The van der Waals surface area contributed by atoms with E-state index >= 15 is 0 Å². The fourth-order valence-corrected chi connectivity index (χ4v) is 3.73. The average molecular weight is 345 g/mol. The maximum Gasteiger partial charge on any atom is 0.294 e. The molecule has 5 heteroatoms. The van der Waals surface area contributed by atoms with Gasteiger partial charge in [-0.1, -0.05) is 51.2 Å². The number of hydrogen-bond donors (Lipinski definition) is 1. The van der Waals surface area contributed by atoms with Gasteiger partial charge in [-0.25, -0.2) is 0 Å². The Balaban J connectivity index is 2.05. The van der Waals surface area contributed by atoms with E-state index < -0.39 is 10.1 Å². The Bertz CT molecular complexity index is 495. The van der Waals surface area contributed by atoms with Gasteiger partial charge >= 0.3 is 0 Å². The van der Waals surface area contributed by atoms with E-state index in [1.54, 1.807) is 12.1 Å². The third-order valence-corrected chi connectivity index (χ3v) is 5.64. The molecule has 0 saturated carbocycles. The molecule has 0 aliphatic heterocycles. The van der Waals surface area contributed by atoms with E-state index in [1.165, 1.54) is 56.4 Å². The van der Waals surface area contributed by atoms with Crippen molar-refractivity contribution in [2.75, 3.05) is 11.5 Å². The van der Waals surface area contributed by atoms with Gasteiger partial charge < -0.3 is 0 Å². The van der Waals surface area contributed by atoms with Gasteiger partial charge in [0.25, 0.3) is 10.1 Å². The van der Waals surface area contributed by atoms with Crippen molar-refractivity contribution in [3.63, 3.8) is 0 Å². The Morgan fingerprint density at radius 2 is 1.50 bits per heavy atom. The molecule has 0 atom stereocenters. The Morgan fingerprint density at radius 1 is 0.909 bits per heavy atom. The molecule has 0 radical (unpaired) electrons. The number of hydrogen-bond acceptors (Lipinski definition) is 3. The summed E-state index contributed by atoms with van der Waals surface area (Å²) in [4.78, 5) is -0.0336. The van der Waals surface area contributed by atoms with E-state index in [0.717, 1.165) is 24.2 Å². The number of unbranched alkanes of at least 4 members (excludes halogenated alkanes) is 5. The Morgan fingerprint density at radius 3 is 2.14 bits per heavy atom. The summed E-state index contributed by atoms with van der Waals surface area (Å²) in [5.74, 6) is 2.39. The molecule has 22 heavy (non-hydrogen) atoms. The van der Waals surface area contributed by atoms with Gasteiger partial charge in [0, 0.05) is 0 Å². The fraction of sp³-hybridized carbons (Fsp3) is 0.647. The van der Waals surface area contributed by atoms with Gasteiger partial charge in [-0.15, -0.1) is 0 Å². The van der Waals surface area contributed by atoms with Crippen LogP contribution in [0.5, 0.6) is 0 Å². The fourth-order valence-electron chi connectivity index (χ4n) is 2.29. The van der Waals surface area contributed by atoms with Crippen molar-refractivity contribution < 1.29 is 13.0 Å². The highest BCUT2D eigenvalue weighted by atomic mass is 32.2. The van der Waals surface area contributed by atoms with Gasteiger partial charge in [0.15, 0.2) is 0 Å². The molecule has 0 aliphatic carbocycles. The molecule has 0 fully saturated rings. The van der Waals surface area contributed by atoms with Crippen molar-refractivity contribution >= 4 is 21.9 Å². The summed E-state index contributed by atoms with van der Waals surface area (Å²) >= 11 is 2.01. The van der Waals surface area contributed by atoms with Crippen LogP contribution in [0.1, 0.15) is 57.4 Å². The molecule has 0 aliphatic rings. The number of aryl methyl sites for hydroxylation is 1. The minimum Gasteiger partial charge on any atom is -0.282 e. The first kappa shape index (κ1) is 19.5. The lowest BCUT2D eigenvalue weighted by atomic mass is 10.1. The summed E-state index contributed by atoms with van der Waals surface area (Å²) < 4.78 is 30.8. The molecule has 1 aromatic rings. The summed E-state index contributed by atoms with van der Waals surface area (Å²) in [5.41, 5.74) is 1.12. The molecule has 126 valence electrons.